The molecule has 2 rings (SSSR count). The summed E-state index contributed by atoms with van der Waals surface area (Å²) in [6.07, 6.45) is -0.787. The highest BCUT2D eigenvalue weighted by Gasteiger charge is 2.32. The second kappa shape index (κ2) is 3.92. The van der Waals surface area contributed by atoms with Crippen LogP contribution in [0.5, 0.6) is 0 Å². The van der Waals surface area contributed by atoms with Crippen molar-refractivity contribution in [1.82, 2.24) is 4.98 Å². The van der Waals surface area contributed by atoms with Gasteiger partial charge in [0.15, 0.2) is 18.6 Å². The molecule has 5 heteroatoms. The lowest BCUT2D eigenvalue weighted by atomic mass is 10.3. The van der Waals surface area contributed by atoms with E-state index in [-0.39, 0.29) is 13.1 Å². The molecule has 3 nitrogen and oxygen atoms in total. The highest BCUT2D eigenvalue weighted by molar-refractivity contribution is 5.72. The van der Waals surface area contributed by atoms with E-state index in [1.165, 1.54) is 12.3 Å². The van der Waals surface area contributed by atoms with Crippen molar-refractivity contribution in [2.45, 2.75) is 12.3 Å². The van der Waals surface area contributed by atoms with E-state index in [0.717, 1.165) is 0 Å². The van der Waals surface area contributed by atoms with Gasteiger partial charge in [0.25, 0.3) is 0 Å². The Kier molecular flexibility index (Phi) is 2.62. The maximum atomic E-state index is 12.9. The van der Waals surface area contributed by atoms with Crippen molar-refractivity contribution < 1.29 is 13.6 Å². The molecule has 1 aromatic heterocycles. The van der Waals surface area contributed by atoms with Gasteiger partial charge in [-0.3, -0.25) is 9.78 Å². The molecule has 0 amide bonds. The Balaban J connectivity index is 2.13. The minimum Gasteiger partial charge on any atom is -0.364 e. The van der Waals surface area contributed by atoms with Gasteiger partial charge in [-0.2, -0.15) is 0 Å². The Morgan fingerprint density at radius 3 is 2.47 bits per heavy atom. The van der Waals surface area contributed by atoms with Crippen molar-refractivity contribution in [3.8, 4) is 0 Å². The van der Waals surface area contributed by atoms with Crippen LogP contribution in [0, 0.1) is 0 Å². The summed E-state index contributed by atoms with van der Waals surface area (Å²) in [4.78, 5) is 15.8. The molecule has 0 aliphatic carbocycles. The number of carbonyl (C=O) groups excluding carboxylic acids is 1. The number of aromatic nitrogens is 1. The van der Waals surface area contributed by atoms with E-state index in [1.807, 2.05) is 0 Å². The monoisotopic (exact) mass is 212 g/mol. The molecule has 0 saturated carbocycles. The molecule has 1 aromatic rings. The summed E-state index contributed by atoms with van der Waals surface area (Å²) < 4.78 is 25.8. The molecule has 1 aliphatic heterocycles. The average molecular weight is 212 g/mol. The molecule has 0 N–H and O–H groups in total. The Morgan fingerprint density at radius 1 is 1.33 bits per heavy atom. The predicted molar refractivity (Wildman–Crippen MR) is 51.6 cm³/mol. The highest BCUT2D eigenvalue weighted by Crippen LogP contribution is 2.23. The number of anilines is 1. The fourth-order valence-corrected chi connectivity index (χ4v) is 1.59. The van der Waals surface area contributed by atoms with Crippen molar-refractivity contribution in [1.29, 1.82) is 0 Å². The number of halogens is 2. The Hall–Kier alpha value is -1.52. The van der Waals surface area contributed by atoms with Crippen LogP contribution < -0.4 is 4.90 Å². The number of aldehydes is 1. The number of nitrogens with zero attached hydrogens (tertiary/aromatic N) is 2. The molecule has 0 unspecified atom stereocenters. The van der Waals surface area contributed by atoms with E-state index in [4.69, 9.17) is 0 Å². The number of alkyl halides is 2. The molecule has 1 saturated heterocycles. The summed E-state index contributed by atoms with van der Waals surface area (Å²) >= 11 is 0. The Labute approximate surface area is 85.7 Å². The van der Waals surface area contributed by atoms with Gasteiger partial charge in [0, 0.05) is 0 Å². The van der Waals surface area contributed by atoms with Crippen molar-refractivity contribution in [2.24, 2.45) is 0 Å². The molecule has 80 valence electrons. The number of hydrogen-bond acceptors (Lipinski definition) is 3. The quantitative estimate of drug-likeness (QED) is 0.694. The highest BCUT2D eigenvalue weighted by atomic mass is 19.2. The maximum absolute atomic E-state index is 12.9. The van der Waals surface area contributed by atoms with E-state index in [1.54, 1.807) is 11.0 Å². The van der Waals surface area contributed by atoms with E-state index < -0.39 is 12.3 Å². The minimum atomic E-state index is -1.43. The van der Waals surface area contributed by atoms with Crippen LogP contribution >= 0.6 is 0 Å². The molecular weight excluding hydrogens is 202 g/mol. The zero-order valence-electron chi connectivity index (χ0n) is 7.94. The smallest absolute Gasteiger partial charge is 0.168 e. The fourth-order valence-electron chi connectivity index (χ4n) is 1.59. The zero-order chi connectivity index (χ0) is 10.8. The third kappa shape index (κ3) is 1.95. The second-order valence-electron chi connectivity index (χ2n) is 3.50. The largest absolute Gasteiger partial charge is 0.364 e. The molecule has 1 aliphatic rings. The van der Waals surface area contributed by atoms with E-state index in [9.17, 15) is 13.6 Å². The second-order valence-corrected chi connectivity index (χ2v) is 3.50. The first-order chi connectivity index (χ1) is 7.20. The zero-order valence-corrected chi connectivity index (χ0v) is 7.94. The van der Waals surface area contributed by atoms with Gasteiger partial charge in [-0.25, -0.2) is 8.78 Å². The molecule has 1 fully saturated rings. The SMILES string of the molecule is O=Cc1ccc(N2C[C@@H](F)[C@@H](F)C2)cn1. The van der Waals surface area contributed by atoms with Gasteiger partial charge < -0.3 is 4.90 Å². The number of pyridine rings is 1. The van der Waals surface area contributed by atoms with Crippen LogP contribution in [0.4, 0.5) is 14.5 Å². The van der Waals surface area contributed by atoms with Crippen molar-refractivity contribution in [3.63, 3.8) is 0 Å². The van der Waals surface area contributed by atoms with Gasteiger partial charge in [-0.05, 0) is 12.1 Å². The summed E-state index contributed by atoms with van der Waals surface area (Å²) in [5.41, 5.74) is 0.954. The van der Waals surface area contributed by atoms with E-state index >= 15 is 0 Å². The topological polar surface area (TPSA) is 33.2 Å². The molecule has 15 heavy (non-hydrogen) atoms. The van der Waals surface area contributed by atoms with E-state index in [2.05, 4.69) is 4.98 Å². The molecular formula is C10H10F2N2O. The summed E-state index contributed by atoms with van der Waals surface area (Å²) in [6, 6.07) is 3.17. The van der Waals surface area contributed by atoms with Crippen molar-refractivity contribution >= 4 is 12.0 Å². The first-order valence-electron chi connectivity index (χ1n) is 4.65. The molecule has 2 heterocycles. The summed E-state index contributed by atoms with van der Waals surface area (Å²) in [6.45, 7) is 0.0898. The third-order valence-corrected chi connectivity index (χ3v) is 2.44. The molecule has 2 atom stereocenters. The van der Waals surface area contributed by atoms with Crippen LogP contribution in [0.2, 0.25) is 0 Å². The van der Waals surface area contributed by atoms with Crippen LogP contribution in [0.1, 0.15) is 10.5 Å². The molecule has 0 radical (unpaired) electrons. The van der Waals surface area contributed by atoms with E-state index in [0.29, 0.717) is 17.7 Å². The average Bonchev–Trinajstić information content (AvgIpc) is 2.59. The van der Waals surface area contributed by atoms with Crippen LogP contribution in [-0.2, 0) is 0 Å². The maximum Gasteiger partial charge on any atom is 0.168 e. The normalized spacial score (nSPS) is 25.6. The van der Waals surface area contributed by atoms with Gasteiger partial charge in [0.1, 0.15) is 5.69 Å². The van der Waals surface area contributed by atoms with Gasteiger partial charge in [0.05, 0.1) is 25.0 Å². The number of hydrogen-bond donors (Lipinski definition) is 0. The van der Waals surface area contributed by atoms with Gasteiger partial charge in [-0.15, -0.1) is 0 Å². The van der Waals surface area contributed by atoms with Crippen LogP contribution in [0.25, 0.3) is 0 Å². The number of carbonyl (C=O) groups is 1. The van der Waals surface area contributed by atoms with Gasteiger partial charge in [0.2, 0.25) is 0 Å². The van der Waals surface area contributed by atoms with Crippen LogP contribution in [0.3, 0.4) is 0 Å². The summed E-state index contributed by atoms with van der Waals surface area (Å²) in [5, 5.41) is 0. The lowest BCUT2D eigenvalue weighted by molar-refractivity contribution is 0.111. The lowest BCUT2D eigenvalue weighted by Gasteiger charge is -2.16. The van der Waals surface area contributed by atoms with Crippen molar-refractivity contribution in [2.75, 3.05) is 18.0 Å². The number of rotatable bonds is 2. The fraction of sp³-hybridized carbons (Fsp3) is 0.400. The molecule has 0 bridgehead atoms. The van der Waals surface area contributed by atoms with Gasteiger partial charge in [-0.1, -0.05) is 0 Å². The first kappa shape index (κ1) is 10.0. The lowest BCUT2D eigenvalue weighted by Crippen LogP contribution is -2.20. The Morgan fingerprint density at radius 2 is 2.00 bits per heavy atom. The minimum absolute atomic E-state index is 0.0449. The van der Waals surface area contributed by atoms with Gasteiger partial charge >= 0.3 is 0 Å². The molecule has 0 aromatic carbocycles. The standard InChI is InChI=1S/C10H10F2N2O/c11-9-4-14(5-10(9)12)8-2-1-7(6-15)13-3-8/h1-3,6,9-10H,4-5H2/t9-,10+. The molecule has 0 spiro atoms. The Bertz CT molecular complexity index is 345. The van der Waals surface area contributed by atoms with Crippen molar-refractivity contribution in [3.05, 3.63) is 24.0 Å². The van der Waals surface area contributed by atoms with Crippen LogP contribution in [0.15, 0.2) is 18.3 Å². The third-order valence-electron chi connectivity index (χ3n) is 2.44. The predicted octanol–water partition coefficient (Wildman–Crippen LogP) is 1.39. The van der Waals surface area contributed by atoms with Crippen LogP contribution in [-0.4, -0.2) is 36.7 Å². The summed E-state index contributed by atoms with van der Waals surface area (Å²) in [7, 11) is 0. The summed E-state index contributed by atoms with van der Waals surface area (Å²) in [5.74, 6) is 0. The first-order valence-corrected chi connectivity index (χ1v) is 4.65.